The number of H-pyrrole nitrogens is 3. The molecule has 0 fully saturated rings. The normalized spacial score (nSPS) is 10.9. The van der Waals surface area contributed by atoms with Crippen molar-refractivity contribution < 1.29 is 0 Å². The highest BCUT2D eigenvalue weighted by Crippen LogP contribution is 2.06. The SMILES string of the molecule is CCCCCNc1nc2[nH]c(=O)[nH]c(=O)c2[nH]1. The van der Waals surface area contributed by atoms with Gasteiger partial charge in [-0.2, -0.15) is 4.98 Å². The third-order valence-corrected chi connectivity index (χ3v) is 2.46. The minimum Gasteiger partial charge on any atom is -0.356 e. The maximum absolute atomic E-state index is 11.4. The molecule has 92 valence electrons. The van der Waals surface area contributed by atoms with Gasteiger partial charge in [-0.25, -0.2) is 4.79 Å². The Kier molecular flexibility index (Phi) is 3.27. The molecular weight excluding hydrogens is 222 g/mol. The van der Waals surface area contributed by atoms with Crippen LogP contribution < -0.4 is 16.6 Å². The maximum atomic E-state index is 11.4. The zero-order chi connectivity index (χ0) is 12.3. The van der Waals surface area contributed by atoms with E-state index in [9.17, 15) is 9.59 Å². The highest BCUT2D eigenvalue weighted by Gasteiger charge is 2.06. The van der Waals surface area contributed by atoms with E-state index in [0.717, 1.165) is 25.8 Å². The van der Waals surface area contributed by atoms with Crippen molar-refractivity contribution in [2.45, 2.75) is 26.2 Å². The molecule has 0 unspecified atom stereocenters. The number of hydrogen-bond acceptors (Lipinski definition) is 4. The lowest BCUT2D eigenvalue weighted by molar-refractivity contribution is 0.741. The summed E-state index contributed by atoms with van der Waals surface area (Å²) in [5, 5.41) is 3.07. The Morgan fingerprint density at radius 2 is 2.00 bits per heavy atom. The molecule has 7 nitrogen and oxygen atoms in total. The second kappa shape index (κ2) is 4.86. The molecule has 2 heterocycles. The Labute approximate surface area is 96.7 Å². The lowest BCUT2D eigenvalue weighted by Crippen LogP contribution is -2.21. The van der Waals surface area contributed by atoms with E-state index in [-0.39, 0.29) is 11.2 Å². The van der Waals surface area contributed by atoms with Gasteiger partial charge < -0.3 is 10.3 Å². The molecule has 0 spiro atoms. The van der Waals surface area contributed by atoms with Crippen LogP contribution >= 0.6 is 0 Å². The van der Waals surface area contributed by atoms with Crippen LogP contribution in [0.15, 0.2) is 9.59 Å². The highest BCUT2D eigenvalue weighted by molar-refractivity contribution is 5.71. The number of imidazole rings is 1. The first-order valence-corrected chi connectivity index (χ1v) is 5.67. The summed E-state index contributed by atoms with van der Waals surface area (Å²) in [6.45, 7) is 2.92. The van der Waals surface area contributed by atoms with Crippen molar-refractivity contribution in [1.29, 1.82) is 0 Å². The van der Waals surface area contributed by atoms with Crippen LogP contribution in [-0.2, 0) is 0 Å². The predicted octanol–water partition coefficient (Wildman–Crippen LogP) is 0.542. The summed E-state index contributed by atoms with van der Waals surface area (Å²) < 4.78 is 0. The predicted molar refractivity (Wildman–Crippen MR) is 65.3 cm³/mol. The first-order valence-electron chi connectivity index (χ1n) is 5.67. The smallest absolute Gasteiger partial charge is 0.327 e. The second-order valence-corrected chi connectivity index (χ2v) is 3.85. The zero-order valence-electron chi connectivity index (χ0n) is 9.59. The average molecular weight is 237 g/mol. The van der Waals surface area contributed by atoms with Gasteiger partial charge in [-0.05, 0) is 6.42 Å². The van der Waals surface area contributed by atoms with Gasteiger partial charge in [0.15, 0.2) is 11.2 Å². The summed E-state index contributed by atoms with van der Waals surface area (Å²) >= 11 is 0. The molecule has 0 aliphatic rings. The minimum atomic E-state index is -0.550. The first-order chi connectivity index (χ1) is 8.20. The second-order valence-electron chi connectivity index (χ2n) is 3.85. The number of aromatic amines is 3. The van der Waals surface area contributed by atoms with Crippen molar-refractivity contribution in [1.82, 2.24) is 19.9 Å². The van der Waals surface area contributed by atoms with Crippen molar-refractivity contribution in [3.05, 3.63) is 20.8 Å². The van der Waals surface area contributed by atoms with Gasteiger partial charge >= 0.3 is 5.69 Å². The average Bonchev–Trinajstić information content (AvgIpc) is 2.67. The number of nitrogens with zero attached hydrogens (tertiary/aromatic N) is 1. The molecule has 0 radical (unpaired) electrons. The van der Waals surface area contributed by atoms with Gasteiger partial charge in [0.1, 0.15) is 0 Å². The van der Waals surface area contributed by atoms with Crippen molar-refractivity contribution in [3.63, 3.8) is 0 Å². The molecule has 4 N–H and O–H groups in total. The topological polar surface area (TPSA) is 106 Å². The number of fused-ring (bicyclic) bond motifs is 1. The van der Waals surface area contributed by atoms with E-state index in [0.29, 0.717) is 5.95 Å². The quantitative estimate of drug-likeness (QED) is 0.569. The first kappa shape index (κ1) is 11.4. The van der Waals surface area contributed by atoms with Crippen LogP contribution in [0, 0.1) is 0 Å². The number of rotatable bonds is 5. The molecule has 2 rings (SSSR count). The van der Waals surface area contributed by atoms with E-state index in [2.05, 4.69) is 32.2 Å². The molecule has 7 heteroatoms. The molecule has 0 bridgehead atoms. The third-order valence-electron chi connectivity index (χ3n) is 2.46. The molecule has 0 saturated carbocycles. The van der Waals surface area contributed by atoms with Crippen LogP contribution in [0.4, 0.5) is 5.95 Å². The van der Waals surface area contributed by atoms with E-state index in [4.69, 9.17) is 0 Å². The van der Waals surface area contributed by atoms with Crippen molar-refractivity contribution >= 4 is 17.1 Å². The fraction of sp³-hybridized carbons (Fsp3) is 0.500. The molecule has 0 aromatic carbocycles. The van der Waals surface area contributed by atoms with Gasteiger partial charge in [0, 0.05) is 6.54 Å². The van der Waals surface area contributed by atoms with Gasteiger partial charge in [-0.1, -0.05) is 19.8 Å². The lowest BCUT2D eigenvalue weighted by atomic mass is 10.2. The van der Waals surface area contributed by atoms with E-state index >= 15 is 0 Å². The summed E-state index contributed by atoms with van der Waals surface area (Å²) in [5.74, 6) is 0.503. The molecule has 0 atom stereocenters. The van der Waals surface area contributed by atoms with Crippen LogP contribution in [-0.4, -0.2) is 26.5 Å². The van der Waals surface area contributed by atoms with Crippen LogP contribution in [0.5, 0.6) is 0 Å². The molecule has 0 amide bonds. The van der Waals surface area contributed by atoms with Gasteiger partial charge in [0.05, 0.1) is 0 Å². The van der Waals surface area contributed by atoms with Crippen LogP contribution in [0.1, 0.15) is 26.2 Å². The van der Waals surface area contributed by atoms with E-state index in [1.807, 2.05) is 0 Å². The monoisotopic (exact) mass is 237 g/mol. The van der Waals surface area contributed by atoms with Gasteiger partial charge in [0.2, 0.25) is 5.95 Å². The fourth-order valence-corrected chi connectivity index (χ4v) is 1.60. The van der Waals surface area contributed by atoms with Gasteiger partial charge in [-0.3, -0.25) is 14.8 Å². The standard InChI is InChI=1S/C10H15N5O2/c1-2-3-4-5-11-9-12-6-7(13-9)14-10(17)15-8(6)16/h2-5H2,1H3,(H4,11,12,13,14,15,16,17). The maximum Gasteiger partial charge on any atom is 0.327 e. The summed E-state index contributed by atoms with van der Waals surface area (Å²) in [7, 11) is 0. The van der Waals surface area contributed by atoms with E-state index in [1.165, 1.54) is 0 Å². The number of unbranched alkanes of at least 4 members (excludes halogenated alkanes) is 2. The molecule has 0 saturated heterocycles. The number of hydrogen-bond donors (Lipinski definition) is 4. The van der Waals surface area contributed by atoms with Crippen molar-refractivity contribution in [3.8, 4) is 0 Å². The molecular formula is C10H15N5O2. The molecule has 17 heavy (non-hydrogen) atoms. The molecule has 2 aromatic rings. The molecule has 0 aliphatic heterocycles. The summed E-state index contributed by atoms with van der Waals surface area (Å²) in [4.78, 5) is 34.0. The van der Waals surface area contributed by atoms with Gasteiger partial charge in [0.25, 0.3) is 5.56 Å². The number of aromatic nitrogens is 4. The van der Waals surface area contributed by atoms with Crippen LogP contribution in [0.3, 0.4) is 0 Å². The number of nitrogens with one attached hydrogen (secondary N) is 4. The molecule has 0 aliphatic carbocycles. The molecule has 2 aromatic heterocycles. The Morgan fingerprint density at radius 3 is 2.76 bits per heavy atom. The van der Waals surface area contributed by atoms with Crippen LogP contribution in [0.25, 0.3) is 11.2 Å². The Balaban J connectivity index is 2.18. The van der Waals surface area contributed by atoms with Gasteiger partial charge in [-0.15, -0.1) is 0 Å². The van der Waals surface area contributed by atoms with Crippen LogP contribution in [0.2, 0.25) is 0 Å². The summed E-state index contributed by atoms with van der Waals surface area (Å²) in [6.07, 6.45) is 3.33. The highest BCUT2D eigenvalue weighted by atomic mass is 16.2. The third kappa shape index (κ3) is 2.55. The van der Waals surface area contributed by atoms with E-state index in [1.54, 1.807) is 0 Å². The minimum absolute atomic E-state index is 0.275. The lowest BCUT2D eigenvalue weighted by Gasteiger charge is -2.00. The fourth-order valence-electron chi connectivity index (χ4n) is 1.60. The Bertz CT molecular complexity index is 609. The largest absolute Gasteiger partial charge is 0.356 e. The Morgan fingerprint density at radius 1 is 1.18 bits per heavy atom. The van der Waals surface area contributed by atoms with E-state index < -0.39 is 11.2 Å². The summed E-state index contributed by atoms with van der Waals surface area (Å²) in [5.41, 5.74) is -0.455. The Hall–Kier alpha value is -2.05. The zero-order valence-corrected chi connectivity index (χ0v) is 9.59. The van der Waals surface area contributed by atoms with Crippen molar-refractivity contribution in [2.75, 3.05) is 11.9 Å². The summed E-state index contributed by atoms with van der Waals surface area (Å²) in [6, 6.07) is 0. The number of anilines is 1. The van der Waals surface area contributed by atoms with Crippen molar-refractivity contribution in [2.24, 2.45) is 0 Å².